The van der Waals surface area contributed by atoms with Crippen LogP contribution in [0, 0.1) is 18.8 Å². The Morgan fingerprint density at radius 2 is 1.79 bits per heavy atom. The molecule has 0 atom stereocenters. The molecule has 0 aromatic carbocycles. The molecule has 0 amide bonds. The third-order valence-corrected chi connectivity index (χ3v) is 6.38. The highest BCUT2D eigenvalue weighted by molar-refractivity contribution is 5.63. The van der Waals surface area contributed by atoms with Gasteiger partial charge in [-0.05, 0) is 31.9 Å². The van der Waals surface area contributed by atoms with E-state index in [1.807, 2.05) is 42.0 Å². The quantitative estimate of drug-likeness (QED) is 0.548. The lowest BCUT2D eigenvalue weighted by Gasteiger charge is -2.34. The molecule has 2 fully saturated rings. The fourth-order valence-electron chi connectivity index (χ4n) is 4.44. The average molecular weight is 447 g/mol. The molecule has 33 heavy (non-hydrogen) atoms. The molecule has 0 aliphatic carbocycles. The fraction of sp³-hybridized carbons (Fsp3) is 0.500. The van der Waals surface area contributed by atoms with E-state index >= 15 is 0 Å². The van der Waals surface area contributed by atoms with Gasteiger partial charge in [-0.2, -0.15) is 0 Å². The van der Waals surface area contributed by atoms with Crippen molar-refractivity contribution in [2.45, 2.75) is 25.9 Å². The van der Waals surface area contributed by atoms with Crippen molar-refractivity contribution in [3.05, 3.63) is 42.6 Å². The number of piperazine rings is 1. The Balaban J connectivity index is 1.02. The second-order valence-electron chi connectivity index (χ2n) is 8.49. The Morgan fingerprint density at radius 3 is 2.58 bits per heavy atom. The van der Waals surface area contributed by atoms with Crippen LogP contribution >= 0.6 is 0 Å². The maximum Gasteiger partial charge on any atom is 0.203 e. The number of ether oxygens (including phenoxy) is 1. The van der Waals surface area contributed by atoms with Gasteiger partial charge in [-0.15, -0.1) is 10.2 Å². The first-order chi connectivity index (χ1) is 16.3. The minimum atomic E-state index is 0.247. The predicted octanol–water partition coefficient (Wildman–Crippen LogP) is 1.64. The molecule has 5 rings (SSSR count). The monoisotopic (exact) mass is 446 g/mol. The second kappa shape index (κ2) is 10.1. The summed E-state index contributed by atoms with van der Waals surface area (Å²) in [4.78, 5) is 16.0. The van der Waals surface area contributed by atoms with E-state index in [0.717, 1.165) is 81.8 Å². The van der Waals surface area contributed by atoms with Crippen LogP contribution in [-0.4, -0.2) is 88.0 Å². The van der Waals surface area contributed by atoms with Crippen molar-refractivity contribution >= 4 is 17.3 Å². The summed E-state index contributed by atoms with van der Waals surface area (Å²) in [7, 11) is 0. The molecule has 5 heterocycles. The van der Waals surface area contributed by atoms with Crippen LogP contribution in [0.15, 0.2) is 36.8 Å². The lowest BCUT2D eigenvalue weighted by Crippen LogP contribution is -2.46. The standard InChI is InChI=1S/C24H30N8O/c1-20-27-28-24-23(26-10-14-32(20)24)31-12-7-21(8-13-31)33-19-5-4-11-29-15-17-30(18-16-29)22-6-2-3-9-25-22/h2-3,6,9-10,14,21H,7-8,11-13,15-19H2,1H3. The first kappa shape index (κ1) is 21.6. The van der Waals surface area contributed by atoms with Crippen molar-refractivity contribution in [2.24, 2.45) is 0 Å². The lowest BCUT2D eigenvalue weighted by atomic mass is 10.1. The summed E-state index contributed by atoms with van der Waals surface area (Å²) >= 11 is 0. The smallest absolute Gasteiger partial charge is 0.203 e. The number of hydrogen-bond donors (Lipinski definition) is 0. The third kappa shape index (κ3) is 5.07. The van der Waals surface area contributed by atoms with E-state index < -0.39 is 0 Å². The van der Waals surface area contributed by atoms with E-state index in [9.17, 15) is 0 Å². The van der Waals surface area contributed by atoms with Crippen LogP contribution in [0.1, 0.15) is 18.7 Å². The van der Waals surface area contributed by atoms with Gasteiger partial charge in [-0.25, -0.2) is 9.97 Å². The zero-order valence-electron chi connectivity index (χ0n) is 19.1. The summed E-state index contributed by atoms with van der Waals surface area (Å²) in [5, 5.41) is 8.46. The Morgan fingerprint density at radius 1 is 0.939 bits per heavy atom. The maximum atomic E-state index is 6.03. The van der Waals surface area contributed by atoms with Crippen molar-refractivity contribution in [1.29, 1.82) is 0 Å². The highest BCUT2D eigenvalue weighted by Gasteiger charge is 2.23. The van der Waals surface area contributed by atoms with Crippen LogP contribution < -0.4 is 9.80 Å². The van der Waals surface area contributed by atoms with E-state index in [0.29, 0.717) is 6.61 Å². The molecule has 172 valence electrons. The molecule has 3 aromatic heterocycles. The topological polar surface area (TPSA) is 74.9 Å². The minimum Gasteiger partial charge on any atom is -0.365 e. The SMILES string of the molecule is Cc1nnc2c(N3CCC(OCC#CCN4CCN(c5ccccn5)CC4)CC3)nccn12. The first-order valence-corrected chi connectivity index (χ1v) is 11.6. The zero-order valence-corrected chi connectivity index (χ0v) is 19.1. The number of aryl methyl sites for hydroxylation is 1. The van der Waals surface area contributed by atoms with Crippen molar-refractivity contribution in [2.75, 3.05) is 62.2 Å². The first-order valence-electron chi connectivity index (χ1n) is 11.6. The number of nitrogens with zero attached hydrogens (tertiary/aromatic N) is 8. The maximum absolute atomic E-state index is 6.03. The minimum absolute atomic E-state index is 0.247. The summed E-state index contributed by atoms with van der Waals surface area (Å²) < 4.78 is 8.02. The molecular formula is C24H30N8O. The molecular weight excluding hydrogens is 416 g/mol. The molecule has 0 spiro atoms. The number of pyridine rings is 1. The molecule has 2 aliphatic heterocycles. The summed E-state index contributed by atoms with van der Waals surface area (Å²) in [6, 6.07) is 6.07. The average Bonchev–Trinajstić information content (AvgIpc) is 3.26. The van der Waals surface area contributed by atoms with Crippen molar-refractivity contribution in [3.8, 4) is 11.8 Å². The van der Waals surface area contributed by atoms with Gasteiger partial charge in [0.05, 0.1) is 12.6 Å². The number of fused-ring (bicyclic) bond motifs is 1. The Labute approximate surface area is 194 Å². The van der Waals surface area contributed by atoms with E-state index in [1.54, 1.807) is 0 Å². The Hall–Kier alpha value is -3.22. The molecule has 0 radical (unpaired) electrons. The number of rotatable bonds is 5. The van der Waals surface area contributed by atoms with Crippen LogP contribution in [0.5, 0.6) is 0 Å². The lowest BCUT2D eigenvalue weighted by molar-refractivity contribution is 0.0594. The van der Waals surface area contributed by atoms with E-state index in [-0.39, 0.29) is 6.10 Å². The Kier molecular flexibility index (Phi) is 6.65. The summed E-state index contributed by atoms with van der Waals surface area (Å²) in [5.74, 6) is 9.33. The summed E-state index contributed by atoms with van der Waals surface area (Å²) in [5.41, 5.74) is 0.820. The molecule has 9 nitrogen and oxygen atoms in total. The van der Waals surface area contributed by atoms with Gasteiger partial charge in [0.2, 0.25) is 5.65 Å². The summed E-state index contributed by atoms with van der Waals surface area (Å²) in [6.45, 7) is 9.05. The molecule has 0 saturated carbocycles. The summed E-state index contributed by atoms with van der Waals surface area (Å²) in [6.07, 6.45) is 7.75. The zero-order chi connectivity index (χ0) is 22.5. The third-order valence-electron chi connectivity index (χ3n) is 6.38. The number of aromatic nitrogens is 5. The molecule has 3 aromatic rings. The normalized spacial score (nSPS) is 17.8. The molecule has 2 aliphatic rings. The van der Waals surface area contributed by atoms with Gasteiger partial charge in [-0.3, -0.25) is 9.30 Å². The largest absolute Gasteiger partial charge is 0.365 e. The molecule has 0 unspecified atom stereocenters. The van der Waals surface area contributed by atoms with E-state index in [1.165, 1.54) is 0 Å². The predicted molar refractivity (Wildman–Crippen MR) is 127 cm³/mol. The van der Waals surface area contributed by atoms with Gasteiger partial charge in [0.15, 0.2) is 5.82 Å². The van der Waals surface area contributed by atoms with Gasteiger partial charge in [-0.1, -0.05) is 17.9 Å². The van der Waals surface area contributed by atoms with E-state index in [2.05, 4.69) is 52.8 Å². The van der Waals surface area contributed by atoms with Gasteiger partial charge >= 0.3 is 0 Å². The number of hydrogen-bond acceptors (Lipinski definition) is 8. The van der Waals surface area contributed by atoms with Gasteiger partial charge < -0.3 is 14.5 Å². The van der Waals surface area contributed by atoms with Gasteiger partial charge in [0.25, 0.3) is 0 Å². The second-order valence-corrected chi connectivity index (χ2v) is 8.49. The van der Waals surface area contributed by atoms with Crippen LogP contribution in [0.25, 0.3) is 5.65 Å². The van der Waals surface area contributed by atoms with Crippen LogP contribution in [-0.2, 0) is 4.74 Å². The highest BCUT2D eigenvalue weighted by Crippen LogP contribution is 2.23. The number of anilines is 2. The molecule has 2 saturated heterocycles. The van der Waals surface area contributed by atoms with Gasteiger partial charge in [0.1, 0.15) is 18.2 Å². The molecule has 0 N–H and O–H groups in total. The fourth-order valence-corrected chi connectivity index (χ4v) is 4.44. The van der Waals surface area contributed by atoms with Crippen LogP contribution in [0.4, 0.5) is 11.6 Å². The van der Waals surface area contributed by atoms with Crippen molar-refractivity contribution < 1.29 is 4.74 Å². The van der Waals surface area contributed by atoms with Crippen molar-refractivity contribution in [1.82, 2.24) is 29.5 Å². The van der Waals surface area contributed by atoms with Gasteiger partial charge in [0, 0.05) is 57.9 Å². The molecule has 0 bridgehead atoms. The van der Waals surface area contributed by atoms with Crippen LogP contribution in [0.3, 0.4) is 0 Å². The van der Waals surface area contributed by atoms with E-state index in [4.69, 9.17) is 4.74 Å². The Bertz CT molecular complexity index is 1110. The van der Waals surface area contributed by atoms with Crippen LogP contribution in [0.2, 0.25) is 0 Å². The number of piperidine rings is 1. The van der Waals surface area contributed by atoms with Crippen molar-refractivity contribution in [3.63, 3.8) is 0 Å². The molecule has 9 heteroatoms. The highest BCUT2D eigenvalue weighted by atomic mass is 16.5.